The molecule has 17 heavy (non-hydrogen) atoms. The van der Waals surface area contributed by atoms with E-state index in [-0.39, 0.29) is 12.3 Å². The van der Waals surface area contributed by atoms with E-state index in [1.807, 2.05) is 12.1 Å². The van der Waals surface area contributed by atoms with Gasteiger partial charge in [0.25, 0.3) is 0 Å². The first kappa shape index (κ1) is 13.8. The molecular weight excluding hydrogens is 259 g/mol. The molecule has 0 saturated carbocycles. The summed E-state index contributed by atoms with van der Waals surface area (Å²) in [4.78, 5) is 9.47. The fraction of sp³-hybridized carbons (Fsp3) is 0.200. The molecule has 1 aromatic rings. The van der Waals surface area contributed by atoms with Crippen LogP contribution in [0, 0.1) is 11.3 Å². The lowest BCUT2D eigenvalue weighted by Gasteiger charge is -2.10. The van der Waals surface area contributed by atoms with Gasteiger partial charge in [0.1, 0.15) is 6.07 Å². The van der Waals surface area contributed by atoms with Crippen LogP contribution in [-0.2, 0) is 21.0 Å². The van der Waals surface area contributed by atoms with Crippen molar-refractivity contribution in [1.29, 1.82) is 5.26 Å². The Morgan fingerprint density at radius 1 is 1.53 bits per heavy atom. The Morgan fingerprint density at radius 2 is 2.18 bits per heavy atom. The molecule has 0 aliphatic rings. The highest BCUT2D eigenvalue weighted by molar-refractivity contribution is 8.07. The monoisotopic (exact) mass is 270 g/mol. The molecule has 1 aromatic carbocycles. The fourth-order valence-electron chi connectivity index (χ4n) is 1.01. The first-order valence-corrected chi connectivity index (χ1v) is 7.37. The van der Waals surface area contributed by atoms with Gasteiger partial charge < -0.3 is 9.52 Å². The summed E-state index contributed by atoms with van der Waals surface area (Å²) in [7, 11) is 0. The predicted molar refractivity (Wildman–Crippen MR) is 67.8 cm³/mol. The van der Waals surface area contributed by atoms with E-state index in [0.29, 0.717) is 5.56 Å². The van der Waals surface area contributed by atoms with Gasteiger partial charge in [-0.15, -0.1) is 0 Å². The maximum absolute atomic E-state index is 9.47. The van der Waals surface area contributed by atoms with Crippen molar-refractivity contribution in [2.45, 2.75) is 6.92 Å². The molecule has 0 aliphatic heterocycles. The summed E-state index contributed by atoms with van der Waals surface area (Å²) >= 11 is 4.66. The number of nitrogens with zero attached hydrogens (tertiary/aromatic N) is 2. The molecule has 0 fully saturated rings. The smallest absolute Gasteiger partial charge is 0.314 e. The first-order chi connectivity index (χ1) is 8.09. The van der Waals surface area contributed by atoms with E-state index in [2.05, 4.69) is 17.0 Å². The lowest BCUT2D eigenvalue weighted by molar-refractivity contribution is 0.211. The number of rotatable bonds is 5. The quantitative estimate of drug-likeness (QED) is 0.504. The summed E-state index contributed by atoms with van der Waals surface area (Å²) in [5.74, 6) is 0. The van der Waals surface area contributed by atoms with Gasteiger partial charge in [-0.2, -0.15) is 5.26 Å². The highest BCUT2D eigenvalue weighted by Gasteiger charge is 2.15. The second-order valence-electron chi connectivity index (χ2n) is 2.89. The largest absolute Gasteiger partial charge is 0.399 e. The second kappa shape index (κ2) is 6.48. The van der Waals surface area contributed by atoms with Crippen molar-refractivity contribution in [3.63, 3.8) is 0 Å². The van der Waals surface area contributed by atoms with Gasteiger partial charge >= 0.3 is 6.72 Å². The summed E-state index contributed by atoms with van der Waals surface area (Å²) in [6.45, 7) is -1.49. The van der Waals surface area contributed by atoms with Gasteiger partial charge in [-0.3, -0.25) is 4.52 Å². The minimum atomic E-state index is -3.39. The third-order valence-electron chi connectivity index (χ3n) is 1.68. The summed E-state index contributed by atoms with van der Waals surface area (Å²) in [6.07, 6.45) is 0. The van der Waals surface area contributed by atoms with Crippen LogP contribution in [-0.4, -0.2) is 17.2 Å². The summed E-state index contributed by atoms with van der Waals surface area (Å²) in [5, 5.41) is 12.4. The zero-order valence-corrected chi connectivity index (χ0v) is 10.8. The standard InChI is InChI=1S/C10H11N2O3PS/c1-2-14-16(13,17)15-12-10(8-11)9-6-4-3-5-7-9/h3-7H,2H2,1H3,(H,13,17). The SMILES string of the molecule is CCOP(O)(=S)ON=C(C#N)c1ccccc1. The van der Waals surface area contributed by atoms with E-state index in [4.69, 9.17) is 14.4 Å². The number of hydrogen-bond donors (Lipinski definition) is 1. The molecule has 0 radical (unpaired) electrons. The summed E-state index contributed by atoms with van der Waals surface area (Å²) in [6, 6.07) is 10.6. The van der Waals surface area contributed by atoms with E-state index in [9.17, 15) is 4.89 Å². The van der Waals surface area contributed by atoms with Crippen LogP contribution in [0.4, 0.5) is 0 Å². The number of benzene rings is 1. The molecule has 0 spiro atoms. The number of hydrogen-bond acceptors (Lipinski definition) is 5. The average molecular weight is 270 g/mol. The Balaban J connectivity index is 2.84. The minimum Gasteiger partial charge on any atom is -0.314 e. The van der Waals surface area contributed by atoms with E-state index in [1.165, 1.54) is 0 Å². The van der Waals surface area contributed by atoms with Gasteiger partial charge in [-0.25, -0.2) is 0 Å². The molecule has 7 heteroatoms. The van der Waals surface area contributed by atoms with E-state index >= 15 is 0 Å². The lowest BCUT2D eigenvalue weighted by atomic mass is 10.1. The Hall–Kier alpha value is -1.25. The second-order valence-corrected chi connectivity index (χ2v) is 5.63. The number of oxime groups is 1. The molecule has 0 aromatic heterocycles. The molecule has 1 unspecified atom stereocenters. The molecule has 0 aliphatic carbocycles. The van der Waals surface area contributed by atoms with E-state index < -0.39 is 6.72 Å². The maximum atomic E-state index is 9.47. The third kappa shape index (κ3) is 4.63. The van der Waals surface area contributed by atoms with Crippen molar-refractivity contribution in [1.82, 2.24) is 0 Å². The Morgan fingerprint density at radius 3 is 2.71 bits per heavy atom. The molecule has 1 N–H and O–H groups in total. The van der Waals surface area contributed by atoms with Crippen molar-refractivity contribution in [3.05, 3.63) is 35.9 Å². The maximum Gasteiger partial charge on any atom is 0.399 e. The predicted octanol–water partition coefficient (Wildman–Crippen LogP) is 2.18. The topological polar surface area (TPSA) is 74.8 Å². The van der Waals surface area contributed by atoms with E-state index in [0.717, 1.165) is 0 Å². The molecule has 0 bridgehead atoms. The van der Waals surface area contributed by atoms with Crippen LogP contribution in [0.15, 0.2) is 35.5 Å². The summed E-state index contributed by atoms with van der Waals surface area (Å²) in [5.41, 5.74) is 0.620. The van der Waals surface area contributed by atoms with Crippen LogP contribution in [0.2, 0.25) is 0 Å². The van der Waals surface area contributed by atoms with Crippen molar-refractivity contribution in [3.8, 4) is 6.07 Å². The Kier molecular flexibility index (Phi) is 5.26. The molecule has 0 amide bonds. The lowest BCUT2D eigenvalue weighted by Crippen LogP contribution is -1.98. The van der Waals surface area contributed by atoms with Crippen molar-refractivity contribution >= 4 is 24.2 Å². The third-order valence-corrected chi connectivity index (χ3v) is 3.07. The van der Waals surface area contributed by atoms with Crippen molar-refractivity contribution in [2.75, 3.05) is 6.61 Å². The zero-order valence-electron chi connectivity index (χ0n) is 9.11. The van der Waals surface area contributed by atoms with Crippen LogP contribution in [0.5, 0.6) is 0 Å². The summed E-state index contributed by atoms with van der Waals surface area (Å²) < 4.78 is 9.50. The van der Waals surface area contributed by atoms with Gasteiger partial charge in [-0.1, -0.05) is 35.5 Å². The molecule has 1 rings (SSSR count). The average Bonchev–Trinajstić information content (AvgIpc) is 2.31. The van der Waals surface area contributed by atoms with Crippen LogP contribution in [0.25, 0.3) is 0 Å². The Labute approximate surface area is 105 Å². The van der Waals surface area contributed by atoms with E-state index in [1.54, 1.807) is 31.2 Å². The molecule has 5 nitrogen and oxygen atoms in total. The molecule has 0 heterocycles. The van der Waals surface area contributed by atoms with Crippen molar-refractivity contribution < 1.29 is 14.0 Å². The van der Waals surface area contributed by atoms with Gasteiger partial charge in [0.05, 0.1) is 6.61 Å². The van der Waals surface area contributed by atoms with Crippen molar-refractivity contribution in [2.24, 2.45) is 5.16 Å². The fourth-order valence-corrected chi connectivity index (χ4v) is 1.99. The van der Waals surface area contributed by atoms with Gasteiger partial charge in [-0.05, 0) is 6.92 Å². The Bertz CT molecular complexity index is 484. The zero-order chi connectivity index (χ0) is 12.7. The van der Waals surface area contributed by atoms with Gasteiger partial charge in [0.2, 0.25) is 0 Å². The number of nitriles is 1. The van der Waals surface area contributed by atoms with Crippen LogP contribution in [0.1, 0.15) is 12.5 Å². The molecule has 0 saturated heterocycles. The first-order valence-electron chi connectivity index (χ1n) is 4.78. The molecule has 90 valence electrons. The minimum absolute atomic E-state index is 0.0357. The highest BCUT2D eigenvalue weighted by Crippen LogP contribution is 2.43. The highest BCUT2D eigenvalue weighted by atomic mass is 32.5. The van der Waals surface area contributed by atoms with Crippen LogP contribution in [0.3, 0.4) is 0 Å². The van der Waals surface area contributed by atoms with Gasteiger partial charge in [0, 0.05) is 17.4 Å². The molecule has 1 atom stereocenters. The van der Waals surface area contributed by atoms with Crippen LogP contribution < -0.4 is 0 Å². The van der Waals surface area contributed by atoms with Gasteiger partial charge in [0.15, 0.2) is 5.71 Å². The van der Waals surface area contributed by atoms with Crippen LogP contribution >= 0.6 is 6.72 Å². The molecular formula is C10H11N2O3PS. The normalized spacial score (nSPS) is 14.8.